The van der Waals surface area contributed by atoms with E-state index in [0.717, 1.165) is 45.6 Å². The normalized spacial score (nSPS) is 20.2. The molecule has 1 aliphatic rings. The average molecular weight is 304 g/mol. The highest BCUT2D eigenvalue weighted by Gasteiger charge is 2.28. The SMILES string of the molecule is CC[C@H]1CN(CCCOC)CCC(=O)N1Cc1ccccc1. The Morgan fingerprint density at radius 2 is 2.05 bits per heavy atom. The van der Waals surface area contributed by atoms with E-state index >= 15 is 0 Å². The lowest BCUT2D eigenvalue weighted by Gasteiger charge is -2.31. The lowest BCUT2D eigenvalue weighted by molar-refractivity contribution is -0.133. The fraction of sp³-hybridized carbons (Fsp3) is 0.611. The summed E-state index contributed by atoms with van der Waals surface area (Å²) in [5.74, 6) is 0.282. The van der Waals surface area contributed by atoms with Crippen LogP contribution in [0.15, 0.2) is 30.3 Å². The first-order valence-corrected chi connectivity index (χ1v) is 8.29. The van der Waals surface area contributed by atoms with Crippen molar-refractivity contribution in [2.24, 2.45) is 0 Å². The molecule has 0 aromatic heterocycles. The number of carbonyl (C=O) groups excluding carboxylic acids is 1. The molecular formula is C18H28N2O2. The highest BCUT2D eigenvalue weighted by atomic mass is 16.5. The highest BCUT2D eigenvalue weighted by molar-refractivity contribution is 5.77. The Hall–Kier alpha value is -1.39. The molecule has 4 nitrogen and oxygen atoms in total. The van der Waals surface area contributed by atoms with Crippen LogP contribution in [-0.4, -0.2) is 55.1 Å². The molecular weight excluding hydrogens is 276 g/mol. The molecule has 0 spiro atoms. The lowest BCUT2D eigenvalue weighted by Crippen LogP contribution is -2.42. The van der Waals surface area contributed by atoms with Crippen LogP contribution >= 0.6 is 0 Å². The van der Waals surface area contributed by atoms with Gasteiger partial charge in [0, 0.05) is 52.4 Å². The van der Waals surface area contributed by atoms with Gasteiger partial charge in [-0.1, -0.05) is 37.3 Å². The van der Waals surface area contributed by atoms with Gasteiger partial charge < -0.3 is 14.5 Å². The van der Waals surface area contributed by atoms with E-state index in [0.29, 0.717) is 12.5 Å². The number of methoxy groups -OCH3 is 1. The van der Waals surface area contributed by atoms with Crippen LogP contribution in [0.3, 0.4) is 0 Å². The summed E-state index contributed by atoms with van der Waals surface area (Å²) in [6, 6.07) is 10.6. The summed E-state index contributed by atoms with van der Waals surface area (Å²) in [6.45, 7) is 6.54. The van der Waals surface area contributed by atoms with Gasteiger partial charge in [-0.2, -0.15) is 0 Å². The van der Waals surface area contributed by atoms with Crippen molar-refractivity contribution < 1.29 is 9.53 Å². The van der Waals surface area contributed by atoms with E-state index in [-0.39, 0.29) is 5.91 Å². The maximum atomic E-state index is 12.5. The number of amides is 1. The van der Waals surface area contributed by atoms with E-state index in [4.69, 9.17) is 4.74 Å². The molecule has 1 fully saturated rings. The predicted molar refractivity (Wildman–Crippen MR) is 88.6 cm³/mol. The van der Waals surface area contributed by atoms with Gasteiger partial charge in [0.05, 0.1) is 0 Å². The molecule has 1 heterocycles. The molecule has 1 aromatic rings. The van der Waals surface area contributed by atoms with E-state index in [1.165, 1.54) is 5.56 Å². The van der Waals surface area contributed by atoms with Crippen molar-refractivity contribution in [3.63, 3.8) is 0 Å². The molecule has 0 N–H and O–H groups in total. The van der Waals surface area contributed by atoms with Crippen LogP contribution in [0.2, 0.25) is 0 Å². The van der Waals surface area contributed by atoms with Crippen molar-refractivity contribution in [2.45, 2.75) is 38.8 Å². The summed E-state index contributed by atoms with van der Waals surface area (Å²) in [6.07, 6.45) is 2.65. The van der Waals surface area contributed by atoms with Gasteiger partial charge in [-0.15, -0.1) is 0 Å². The first-order chi connectivity index (χ1) is 10.7. The third-order valence-electron chi connectivity index (χ3n) is 4.36. The molecule has 1 aliphatic heterocycles. The monoisotopic (exact) mass is 304 g/mol. The average Bonchev–Trinajstić information content (AvgIpc) is 2.69. The number of ether oxygens (including phenoxy) is 1. The molecule has 2 rings (SSSR count). The van der Waals surface area contributed by atoms with E-state index in [1.807, 2.05) is 18.2 Å². The van der Waals surface area contributed by atoms with E-state index in [2.05, 4.69) is 28.9 Å². The molecule has 1 atom stereocenters. The van der Waals surface area contributed by atoms with Crippen LogP contribution in [0.5, 0.6) is 0 Å². The first-order valence-electron chi connectivity index (χ1n) is 8.29. The zero-order valence-electron chi connectivity index (χ0n) is 13.8. The summed E-state index contributed by atoms with van der Waals surface area (Å²) >= 11 is 0. The Morgan fingerprint density at radius 3 is 2.73 bits per heavy atom. The Bertz CT molecular complexity index is 450. The molecule has 4 heteroatoms. The number of hydrogen-bond acceptors (Lipinski definition) is 3. The summed E-state index contributed by atoms with van der Waals surface area (Å²) in [5.41, 5.74) is 1.21. The van der Waals surface area contributed by atoms with Crippen LogP contribution < -0.4 is 0 Å². The predicted octanol–water partition coefficient (Wildman–Crippen LogP) is 2.54. The van der Waals surface area contributed by atoms with Crippen LogP contribution in [0.4, 0.5) is 0 Å². The Labute approximate surface area is 134 Å². The summed E-state index contributed by atoms with van der Waals surface area (Å²) in [4.78, 5) is 17.0. The van der Waals surface area contributed by atoms with Gasteiger partial charge in [0.2, 0.25) is 5.91 Å². The van der Waals surface area contributed by atoms with E-state index in [9.17, 15) is 4.79 Å². The van der Waals surface area contributed by atoms with Crippen molar-refractivity contribution in [1.29, 1.82) is 0 Å². The number of rotatable bonds is 7. The summed E-state index contributed by atoms with van der Waals surface area (Å²) < 4.78 is 5.13. The zero-order chi connectivity index (χ0) is 15.8. The molecule has 0 bridgehead atoms. The Kier molecular flexibility index (Phi) is 6.87. The quantitative estimate of drug-likeness (QED) is 0.726. The van der Waals surface area contributed by atoms with E-state index in [1.54, 1.807) is 7.11 Å². The van der Waals surface area contributed by atoms with Crippen molar-refractivity contribution in [1.82, 2.24) is 9.80 Å². The minimum atomic E-state index is 0.282. The molecule has 0 saturated carbocycles. The number of benzene rings is 1. The molecule has 0 radical (unpaired) electrons. The highest BCUT2D eigenvalue weighted by Crippen LogP contribution is 2.17. The summed E-state index contributed by atoms with van der Waals surface area (Å²) in [7, 11) is 1.74. The topological polar surface area (TPSA) is 32.8 Å². The fourth-order valence-corrected chi connectivity index (χ4v) is 3.07. The van der Waals surface area contributed by atoms with Crippen molar-refractivity contribution in [3.05, 3.63) is 35.9 Å². The van der Waals surface area contributed by atoms with Gasteiger partial charge in [0.15, 0.2) is 0 Å². The maximum Gasteiger partial charge on any atom is 0.224 e. The van der Waals surface area contributed by atoms with Gasteiger partial charge in [-0.3, -0.25) is 4.79 Å². The van der Waals surface area contributed by atoms with Gasteiger partial charge >= 0.3 is 0 Å². The fourth-order valence-electron chi connectivity index (χ4n) is 3.07. The van der Waals surface area contributed by atoms with Gasteiger partial charge in [-0.05, 0) is 18.4 Å². The zero-order valence-corrected chi connectivity index (χ0v) is 13.8. The van der Waals surface area contributed by atoms with Gasteiger partial charge in [0.1, 0.15) is 0 Å². The van der Waals surface area contributed by atoms with Crippen LogP contribution in [0, 0.1) is 0 Å². The van der Waals surface area contributed by atoms with Crippen LogP contribution in [0.1, 0.15) is 31.7 Å². The second-order valence-electron chi connectivity index (χ2n) is 5.97. The molecule has 0 aliphatic carbocycles. The minimum absolute atomic E-state index is 0.282. The van der Waals surface area contributed by atoms with Crippen molar-refractivity contribution in [3.8, 4) is 0 Å². The summed E-state index contributed by atoms with van der Waals surface area (Å²) in [5, 5.41) is 0. The second-order valence-corrected chi connectivity index (χ2v) is 5.97. The lowest BCUT2D eigenvalue weighted by atomic mass is 10.1. The molecule has 1 aromatic carbocycles. The van der Waals surface area contributed by atoms with Gasteiger partial charge in [0.25, 0.3) is 0 Å². The Morgan fingerprint density at radius 1 is 1.27 bits per heavy atom. The van der Waals surface area contributed by atoms with Crippen molar-refractivity contribution >= 4 is 5.91 Å². The van der Waals surface area contributed by atoms with Gasteiger partial charge in [-0.25, -0.2) is 0 Å². The van der Waals surface area contributed by atoms with E-state index < -0.39 is 0 Å². The molecule has 1 saturated heterocycles. The minimum Gasteiger partial charge on any atom is -0.385 e. The third-order valence-corrected chi connectivity index (χ3v) is 4.36. The first kappa shape index (κ1) is 17.0. The smallest absolute Gasteiger partial charge is 0.224 e. The molecule has 0 unspecified atom stereocenters. The number of hydrogen-bond donors (Lipinski definition) is 0. The number of carbonyl (C=O) groups is 1. The molecule has 22 heavy (non-hydrogen) atoms. The molecule has 1 amide bonds. The van der Waals surface area contributed by atoms with Crippen molar-refractivity contribution in [2.75, 3.05) is 33.4 Å². The number of nitrogens with zero attached hydrogens (tertiary/aromatic N) is 2. The molecule has 122 valence electrons. The Balaban J connectivity index is 2.00. The third kappa shape index (κ3) is 4.82. The van der Waals surface area contributed by atoms with Crippen LogP contribution in [-0.2, 0) is 16.1 Å². The largest absolute Gasteiger partial charge is 0.385 e. The maximum absolute atomic E-state index is 12.5. The standard InChI is InChI=1S/C18H28N2O2/c1-3-17-15-19(11-7-13-22-2)12-10-18(21)20(17)14-16-8-5-4-6-9-16/h4-6,8-9,17H,3,7,10-15H2,1-2H3/t17-/m0/s1. The second kappa shape index (κ2) is 8.91. The van der Waals surface area contributed by atoms with Crippen LogP contribution in [0.25, 0.3) is 0 Å².